The van der Waals surface area contributed by atoms with Gasteiger partial charge in [0.1, 0.15) is 6.04 Å². The number of hydrogen-bond acceptors (Lipinski definition) is 5. The molecular weight excluding hydrogens is 382 g/mol. The van der Waals surface area contributed by atoms with Gasteiger partial charge in [0, 0.05) is 23.7 Å². The molecule has 3 N–H and O–H groups in total. The van der Waals surface area contributed by atoms with Gasteiger partial charge in [-0.2, -0.15) is 4.31 Å². The molecule has 1 aliphatic rings. The standard InChI is InChI=1S/C19H29N3O5S/c1-13(20-18(25)19(2,3)4)17(24)21-14-7-9-16(10-8-14)28(26,27)22-11-5-6-15(22)12-23/h7-10,13,15,23H,5-6,11-12H2,1-4H3,(H,20,25)(H,21,24)/t13-,15+/m0/s1. The van der Waals surface area contributed by atoms with E-state index in [0.717, 1.165) is 6.42 Å². The average molecular weight is 412 g/mol. The minimum atomic E-state index is -3.69. The van der Waals surface area contributed by atoms with Crippen molar-refractivity contribution >= 4 is 27.5 Å². The van der Waals surface area contributed by atoms with Crippen molar-refractivity contribution in [1.82, 2.24) is 9.62 Å². The number of anilines is 1. The molecule has 0 aliphatic carbocycles. The number of sulfonamides is 1. The molecule has 0 spiro atoms. The molecule has 156 valence electrons. The third kappa shape index (κ3) is 5.09. The molecule has 2 atom stereocenters. The monoisotopic (exact) mass is 411 g/mol. The van der Waals surface area contributed by atoms with Crippen LogP contribution < -0.4 is 10.6 Å². The molecule has 1 aromatic rings. The lowest BCUT2D eigenvalue weighted by Gasteiger charge is -2.23. The van der Waals surface area contributed by atoms with Crippen LogP contribution in [-0.2, 0) is 19.6 Å². The fraction of sp³-hybridized carbons (Fsp3) is 0.579. The van der Waals surface area contributed by atoms with Crippen molar-refractivity contribution in [2.45, 2.75) is 57.5 Å². The number of carbonyl (C=O) groups excluding carboxylic acids is 2. The van der Waals surface area contributed by atoms with Gasteiger partial charge in [-0.25, -0.2) is 8.42 Å². The van der Waals surface area contributed by atoms with Crippen LogP contribution >= 0.6 is 0 Å². The Balaban J connectivity index is 2.04. The van der Waals surface area contributed by atoms with Gasteiger partial charge in [0.05, 0.1) is 11.5 Å². The van der Waals surface area contributed by atoms with E-state index in [4.69, 9.17) is 0 Å². The van der Waals surface area contributed by atoms with E-state index in [1.807, 2.05) is 0 Å². The lowest BCUT2D eigenvalue weighted by Crippen LogP contribution is -2.46. The molecule has 2 rings (SSSR count). The second kappa shape index (κ2) is 8.59. The van der Waals surface area contributed by atoms with E-state index in [-0.39, 0.29) is 17.4 Å². The molecule has 1 fully saturated rings. The Bertz CT molecular complexity index is 815. The smallest absolute Gasteiger partial charge is 0.246 e. The molecular formula is C19H29N3O5S. The van der Waals surface area contributed by atoms with Gasteiger partial charge in [-0.15, -0.1) is 0 Å². The van der Waals surface area contributed by atoms with Crippen LogP contribution in [0.3, 0.4) is 0 Å². The van der Waals surface area contributed by atoms with Gasteiger partial charge in [-0.05, 0) is 44.0 Å². The summed E-state index contributed by atoms with van der Waals surface area (Å²) in [5, 5.41) is 14.7. The fourth-order valence-electron chi connectivity index (χ4n) is 2.88. The van der Waals surface area contributed by atoms with Crippen LogP contribution in [0.25, 0.3) is 0 Å². The predicted molar refractivity (Wildman–Crippen MR) is 106 cm³/mol. The van der Waals surface area contributed by atoms with Crippen LogP contribution in [0.5, 0.6) is 0 Å². The summed E-state index contributed by atoms with van der Waals surface area (Å²) >= 11 is 0. The number of aliphatic hydroxyl groups excluding tert-OH is 1. The van der Waals surface area contributed by atoms with Crippen molar-refractivity contribution < 1.29 is 23.1 Å². The predicted octanol–water partition coefficient (Wildman–Crippen LogP) is 1.32. The Morgan fingerprint density at radius 3 is 2.39 bits per heavy atom. The summed E-state index contributed by atoms with van der Waals surface area (Å²) in [6.45, 7) is 7.04. The van der Waals surface area contributed by atoms with Gasteiger partial charge in [0.2, 0.25) is 21.8 Å². The molecule has 9 heteroatoms. The molecule has 0 bridgehead atoms. The number of benzene rings is 1. The van der Waals surface area contributed by atoms with Gasteiger partial charge in [-0.3, -0.25) is 9.59 Å². The van der Waals surface area contributed by atoms with Crippen LogP contribution in [0.4, 0.5) is 5.69 Å². The summed E-state index contributed by atoms with van der Waals surface area (Å²) in [5.74, 6) is -0.631. The van der Waals surface area contributed by atoms with E-state index < -0.39 is 33.4 Å². The Hall–Kier alpha value is -1.97. The number of rotatable bonds is 6. The summed E-state index contributed by atoms with van der Waals surface area (Å²) < 4.78 is 26.8. The highest BCUT2D eigenvalue weighted by molar-refractivity contribution is 7.89. The van der Waals surface area contributed by atoms with Gasteiger partial charge < -0.3 is 15.7 Å². The van der Waals surface area contributed by atoms with Crippen LogP contribution in [0.15, 0.2) is 29.2 Å². The molecule has 2 amide bonds. The largest absolute Gasteiger partial charge is 0.395 e. The fourth-order valence-corrected chi connectivity index (χ4v) is 4.57. The molecule has 1 aliphatic heterocycles. The van der Waals surface area contributed by atoms with Crippen molar-refractivity contribution in [2.24, 2.45) is 5.41 Å². The Morgan fingerprint density at radius 1 is 1.25 bits per heavy atom. The maximum atomic E-state index is 12.7. The molecule has 0 unspecified atom stereocenters. The van der Waals surface area contributed by atoms with Crippen LogP contribution in [0.1, 0.15) is 40.5 Å². The summed E-state index contributed by atoms with van der Waals surface area (Å²) in [6, 6.07) is 4.74. The third-order valence-corrected chi connectivity index (χ3v) is 6.65. The zero-order chi connectivity index (χ0) is 21.1. The molecule has 8 nitrogen and oxygen atoms in total. The highest BCUT2D eigenvalue weighted by Gasteiger charge is 2.34. The molecule has 0 aromatic heterocycles. The van der Waals surface area contributed by atoms with Crippen LogP contribution in [-0.4, -0.2) is 54.9 Å². The molecule has 1 saturated heterocycles. The number of hydrogen-bond donors (Lipinski definition) is 3. The Kier molecular flexibility index (Phi) is 6.84. The first-order valence-corrected chi connectivity index (χ1v) is 10.8. The Labute approximate surface area is 166 Å². The summed E-state index contributed by atoms with van der Waals surface area (Å²) in [4.78, 5) is 24.4. The number of nitrogens with one attached hydrogen (secondary N) is 2. The second-order valence-corrected chi connectivity index (χ2v) is 9.94. The number of carbonyl (C=O) groups is 2. The van der Waals surface area contributed by atoms with Crippen LogP contribution in [0, 0.1) is 5.41 Å². The molecule has 0 saturated carbocycles. The number of amides is 2. The maximum absolute atomic E-state index is 12.7. The van der Waals surface area contributed by atoms with Crippen molar-refractivity contribution in [3.63, 3.8) is 0 Å². The minimum absolute atomic E-state index is 0.111. The lowest BCUT2D eigenvalue weighted by molar-refractivity contribution is -0.131. The first kappa shape index (κ1) is 22.3. The van der Waals surface area contributed by atoms with E-state index >= 15 is 0 Å². The second-order valence-electron chi connectivity index (χ2n) is 8.05. The zero-order valence-electron chi connectivity index (χ0n) is 16.7. The number of nitrogens with zero attached hydrogens (tertiary/aromatic N) is 1. The summed E-state index contributed by atoms with van der Waals surface area (Å²) in [7, 11) is -3.69. The zero-order valence-corrected chi connectivity index (χ0v) is 17.5. The molecule has 0 radical (unpaired) electrons. The number of aliphatic hydroxyl groups is 1. The van der Waals surface area contributed by atoms with Crippen LogP contribution in [0.2, 0.25) is 0 Å². The van der Waals surface area contributed by atoms with Crippen molar-refractivity contribution in [3.05, 3.63) is 24.3 Å². The highest BCUT2D eigenvalue weighted by atomic mass is 32.2. The normalized spacial score (nSPS) is 19.2. The van der Waals surface area contributed by atoms with E-state index in [0.29, 0.717) is 18.7 Å². The van der Waals surface area contributed by atoms with Crippen molar-refractivity contribution in [3.8, 4) is 0 Å². The SMILES string of the molecule is C[C@H](NC(=O)C(C)(C)C)C(=O)Nc1ccc(S(=O)(=O)N2CCC[C@@H]2CO)cc1. The first-order valence-electron chi connectivity index (χ1n) is 9.31. The van der Waals surface area contributed by atoms with E-state index in [9.17, 15) is 23.1 Å². The van der Waals surface area contributed by atoms with E-state index in [1.54, 1.807) is 27.7 Å². The quantitative estimate of drug-likeness (QED) is 0.653. The third-order valence-electron chi connectivity index (χ3n) is 4.68. The topological polar surface area (TPSA) is 116 Å². The summed E-state index contributed by atoms with van der Waals surface area (Å²) in [6.07, 6.45) is 1.36. The van der Waals surface area contributed by atoms with E-state index in [2.05, 4.69) is 10.6 Å². The average Bonchev–Trinajstić information content (AvgIpc) is 3.11. The highest BCUT2D eigenvalue weighted by Crippen LogP contribution is 2.26. The van der Waals surface area contributed by atoms with Gasteiger partial charge in [0.15, 0.2) is 0 Å². The van der Waals surface area contributed by atoms with Crippen molar-refractivity contribution in [2.75, 3.05) is 18.5 Å². The Morgan fingerprint density at radius 2 is 1.86 bits per heavy atom. The van der Waals surface area contributed by atoms with E-state index in [1.165, 1.54) is 28.6 Å². The lowest BCUT2D eigenvalue weighted by atomic mass is 9.95. The first-order chi connectivity index (χ1) is 13.0. The van der Waals surface area contributed by atoms with Gasteiger partial charge in [-0.1, -0.05) is 20.8 Å². The van der Waals surface area contributed by atoms with Crippen molar-refractivity contribution in [1.29, 1.82) is 0 Å². The maximum Gasteiger partial charge on any atom is 0.246 e. The summed E-state index contributed by atoms with van der Waals surface area (Å²) in [5.41, 5.74) is -0.173. The van der Waals surface area contributed by atoms with Gasteiger partial charge >= 0.3 is 0 Å². The molecule has 1 aromatic carbocycles. The molecule has 1 heterocycles. The van der Waals surface area contributed by atoms with Gasteiger partial charge in [0.25, 0.3) is 0 Å². The minimum Gasteiger partial charge on any atom is -0.395 e. The molecule has 28 heavy (non-hydrogen) atoms.